The zero-order valence-corrected chi connectivity index (χ0v) is 12.6. The van der Waals surface area contributed by atoms with Crippen LogP contribution in [0.1, 0.15) is 5.76 Å². The van der Waals surface area contributed by atoms with Gasteiger partial charge in [-0.15, -0.1) is 0 Å². The van der Waals surface area contributed by atoms with Crippen LogP contribution in [-0.4, -0.2) is 26.1 Å². The Morgan fingerprint density at radius 1 is 1.22 bits per heavy atom. The topological polar surface area (TPSA) is 99.1 Å². The number of methoxy groups -OCH3 is 2. The fourth-order valence-corrected chi connectivity index (χ4v) is 2.20. The number of nitrogens with zero attached hydrogens (tertiary/aromatic N) is 1. The molecule has 7 nitrogen and oxygen atoms in total. The highest BCUT2D eigenvalue weighted by Crippen LogP contribution is 2.34. The van der Waals surface area contributed by atoms with Crippen molar-refractivity contribution in [3.05, 3.63) is 41.8 Å². The van der Waals surface area contributed by atoms with Gasteiger partial charge in [0.2, 0.25) is 5.96 Å². The summed E-state index contributed by atoms with van der Waals surface area (Å²) in [6, 6.07) is 8.95. The second kappa shape index (κ2) is 5.88. The highest BCUT2D eigenvalue weighted by molar-refractivity contribution is 6.13. The first kappa shape index (κ1) is 14.7. The third kappa shape index (κ3) is 2.89. The number of rotatable bonds is 4. The second-order valence-electron chi connectivity index (χ2n) is 4.75. The van der Waals surface area contributed by atoms with Crippen LogP contribution in [0.25, 0.3) is 17.4 Å². The molecule has 3 rings (SSSR count). The van der Waals surface area contributed by atoms with E-state index in [9.17, 15) is 4.79 Å². The van der Waals surface area contributed by atoms with Gasteiger partial charge in [-0.2, -0.15) is 0 Å². The summed E-state index contributed by atoms with van der Waals surface area (Å²) < 4.78 is 16.3. The Labute approximate surface area is 132 Å². The van der Waals surface area contributed by atoms with Crippen LogP contribution in [0.15, 0.2) is 45.4 Å². The van der Waals surface area contributed by atoms with Gasteiger partial charge in [0.1, 0.15) is 28.7 Å². The van der Waals surface area contributed by atoms with Gasteiger partial charge in [0.05, 0.1) is 19.8 Å². The lowest BCUT2D eigenvalue weighted by atomic mass is 10.1. The van der Waals surface area contributed by atoms with E-state index in [1.807, 2.05) is 12.1 Å². The fraction of sp³-hybridized carbons (Fsp3) is 0.125. The van der Waals surface area contributed by atoms with Crippen LogP contribution in [0.4, 0.5) is 0 Å². The van der Waals surface area contributed by atoms with Crippen molar-refractivity contribution in [3.63, 3.8) is 0 Å². The molecule has 1 amide bonds. The van der Waals surface area contributed by atoms with Gasteiger partial charge in [-0.05, 0) is 24.3 Å². The smallest absolute Gasteiger partial charge is 0.276 e. The molecule has 1 aliphatic rings. The SMILES string of the molecule is COc1ccc(-c2ccc(C=C3N=C(N)NC3=O)o2)c(OC)c1. The Hall–Kier alpha value is -3.22. The van der Waals surface area contributed by atoms with E-state index in [-0.39, 0.29) is 17.6 Å². The van der Waals surface area contributed by atoms with Gasteiger partial charge < -0.3 is 19.6 Å². The lowest BCUT2D eigenvalue weighted by molar-refractivity contribution is -0.115. The maximum absolute atomic E-state index is 11.6. The number of benzene rings is 1. The summed E-state index contributed by atoms with van der Waals surface area (Å²) in [5.41, 5.74) is 6.42. The van der Waals surface area contributed by atoms with Gasteiger partial charge in [-0.25, -0.2) is 4.99 Å². The van der Waals surface area contributed by atoms with Crippen molar-refractivity contribution in [2.75, 3.05) is 14.2 Å². The van der Waals surface area contributed by atoms with Crippen LogP contribution >= 0.6 is 0 Å². The Morgan fingerprint density at radius 3 is 2.70 bits per heavy atom. The molecule has 0 aliphatic carbocycles. The summed E-state index contributed by atoms with van der Waals surface area (Å²) in [6.07, 6.45) is 1.52. The van der Waals surface area contributed by atoms with Crippen molar-refractivity contribution in [3.8, 4) is 22.8 Å². The standard InChI is InChI=1S/C16H15N3O4/c1-21-9-3-5-11(14(8-9)22-2)13-6-4-10(23-13)7-12-15(20)19-16(17)18-12/h3-8H,1-2H3,(H3,17,18,19,20). The van der Waals surface area contributed by atoms with Crippen molar-refractivity contribution in [2.45, 2.75) is 0 Å². The van der Waals surface area contributed by atoms with E-state index in [1.54, 1.807) is 32.4 Å². The Bertz CT molecular complexity index is 820. The maximum atomic E-state index is 11.6. The van der Waals surface area contributed by atoms with E-state index in [4.69, 9.17) is 19.6 Å². The summed E-state index contributed by atoms with van der Waals surface area (Å²) in [5, 5.41) is 2.40. The number of hydrogen-bond donors (Lipinski definition) is 2. The fourth-order valence-electron chi connectivity index (χ4n) is 2.20. The van der Waals surface area contributed by atoms with Gasteiger partial charge in [0.15, 0.2) is 0 Å². The van der Waals surface area contributed by atoms with Crippen LogP contribution in [0.5, 0.6) is 11.5 Å². The van der Waals surface area contributed by atoms with Crippen molar-refractivity contribution < 1.29 is 18.7 Å². The molecule has 1 aromatic heterocycles. The number of carbonyl (C=O) groups is 1. The molecule has 0 fully saturated rings. The number of guanidine groups is 1. The minimum Gasteiger partial charge on any atom is -0.497 e. The zero-order chi connectivity index (χ0) is 16.4. The maximum Gasteiger partial charge on any atom is 0.276 e. The van der Waals surface area contributed by atoms with Crippen LogP contribution < -0.4 is 20.5 Å². The molecule has 0 bridgehead atoms. The van der Waals surface area contributed by atoms with E-state index >= 15 is 0 Å². The van der Waals surface area contributed by atoms with E-state index in [1.165, 1.54) is 6.08 Å². The number of nitrogens with one attached hydrogen (secondary N) is 1. The largest absolute Gasteiger partial charge is 0.497 e. The monoisotopic (exact) mass is 313 g/mol. The first-order valence-electron chi connectivity index (χ1n) is 6.80. The zero-order valence-electron chi connectivity index (χ0n) is 12.6. The third-order valence-electron chi connectivity index (χ3n) is 3.30. The van der Waals surface area contributed by atoms with Crippen molar-refractivity contribution in [2.24, 2.45) is 10.7 Å². The summed E-state index contributed by atoms with van der Waals surface area (Å²) in [5.74, 6) is 2.12. The number of carbonyl (C=O) groups excluding carboxylic acids is 1. The molecular formula is C16H15N3O4. The predicted molar refractivity (Wildman–Crippen MR) is 85.0 cm³/mol. The van der Waals surface area contributed by atoms with Gasteiger partial charge in [0.25, 0.3) is 5.91 Å². The molecule has 23 heavy (non-hydrogen) atoms. The van der Waals surface area contributed by atoms with Crippen LogP contribution in [0.3, 0.4) is 0 Å². The highest BCUT2D eigenvalue weighted by atomic mass is 16.5. The summed E-state index contributed by atoms with van der Waals surface area (Å²) in [4.78, 5) is 15.5. The average Bonchev–Trinajstić information content (AvgIpc) is 3.13. The highest BCUT2D eigenvalue weighted by Gasteiger charge is 2.18. The molecule has 0 saturated heterocycles. The average molecular weight is 313 g/mol. The van der Waals surface area contributed by atoms with E-state index < -0.39 is 0 Å². The number of ether oxygens (including phenoxy) is 2. The number of hydrogen-bond acceptors (Lipinski definition) is 6. The minimum atomic E-state index is -0.359. The van der Waals surface area contributed by atoms with Crippen molar-refractivity contribution in [1.29, 1.82) is 0 Å². The van der Waals surface area contributed by atoms with Crippen molar-refractivity contribution in [1.82, 2.24) is 5.32 Å². The van der Waals surface area contributed by atoms with Gasteiger partial charge in [0, 0.05) is 12.1 Å². The molecule has 2 aromatic rings. The van der Waals surface area contributed by atoms with E-state index in [2.05, 4.69) is 10.3 Å². The molecule has 118 valence electrons. The number of nitrogens with two attached hydrogens (primary N) is 1. The molecule has 0 unspecified atom stereocenters. The van der Waals surface area contributed by atoms with Gasteiger partial charge >= 0.3 is 0 Å². The van der Waals surface area contributed by atoms with Crippen LogP contribution in [0, 0.1) is 0 Å². The molecule has 0 saturated carbocycles. The molecule has 2 heterocycles. The second-order valence-corrected chi connectivity index (χ2v) is 4.75. The molecular weight excluding hydrogens is 298 g/mol. The first-order valence-corrected chi connectivity index (χ1v) is 6.80. The summed E-state index contributed by atoms with van der Waals surface area (Å²) in [7, 11) is 3.16. The molecule has 3 N–H and O–H groups in total. The van der Waals surface area contributed by atoms with Crippen molar-refractivity contribution >= 4 is 17.9 Å². The van der Waals surface area contributed by atoms with E-state index in [0.717, 1.165) is 5.56 Å². The molecule has 7 heteroatoms. The molecule has 1 aromatic carbocycles. The number of aliphatic imine (C=N–C) groups is 1. The number of furan rings is 1. The summed E-state index contributed by atoms with van der Waals surface area (Å²) >= 11 is 0. The molecule has 0 spiro atoms. The predicted octanol–water partition coefficient (Wildman–Crippen LogP) is 1.75. The van der Waals surface area contributed by atoms with E-state index in [0.29, 0.717) is 23.0 Å². The van der Waals surface area contributed by atoms with Gasteiger partial charge in [-0.3, -0.25) is 10.1 Å². The molecule has 1 aliphatic heterocycles. The molecule has 0 atom stereocenters. The first-order chi connectivity index (χ1) is 11.1. The normalized spacial score (nSPS) is 15.5. The Morgan fingerprint density at radius 2 is 2.04 bits per heavy atom. The lowest BCUT2D eigenvalue weighted by Gasteiger charge is -2.08. The minimum absolute atomic E-state index is 0.0739. The Balaban J connectivity index is 1.94. The third-order valence-corrected chi connectivity index (χ3v) is 3.30. The van der Waals surface area contributed by atoms with Crippen LogP contribution in [0.2, 0.25) is 0 Å². The number of amides is 1. The van der Waals surface area contributed by atoms with Gasteiger partial charge in [-0.1, -0.05) is 0 Å². The summed E-state index contributed by atoms with van der Waals surface area (Å²) in [6.45, 7) is 0. The quantitative estimate of drug-likeness (QED) is 0.838. The Kier molecular flexibility index (Phi) is 3.76. The van der Waals surface area contributed by atoms with Crippen LogP contribution in [-0.2, 0) is 4.79 Å². The lowest BCUT2D eigenvalue weighted by Crippen LogP contribution is -2.30. The molecule has 0 radical (unpaired) electrons.